The zero-order valence-electron chi connectivity index (χ0n) is 18.3. The van der Waals surface area contributed by atoms with Crippen LogP contribution in [0.1, 0.15) is 0 Å². The van der Waals surface area contributed by atoms with Gasteiger partial charge >= 0.3 is 0 Å². The van der Waals surface area contributed by atoms with E-state index in [1.54, 1.807) is 0 Å². The van der Waals surface area contributed by atoms with Crippen LogP contribution in [0.3, 0.4) is 0 Å². The van der Waals surface area contributed by atoms with Gasteiger partial charge in [0, 0.05) is 32.7 Å². The van der Waals surface area contributed by atoms with Gasteiger partial charge in [-0.1, -0.05) is 30.3 Å². The van der Waals surface area contributed by atoms with E-state index in [9.17, 15) is 0 Å². The minimum Gasteiger partial charge on any atom is -0.458 e. The van der Waals surface area contributed by atoms with Crippen LogP contribution in [0, 0.1) is 0 Å². The number of furan rings is 1. The van der Waals surface area contributed by atoms with Crippen molar-refractivity contribution in [2.45, 2.75) is 0 Å². The fourth-order valence-electron chi connectivity index (χ4n) is 6.80. The molecule has 3 aliphatic heterocycles. The molecule has 0 amide bonds. The molecule has 0 fully saturated rings. The van der Waals surface area contributed by atoms with Gasteiger partial charge in [0.25, 0.3) is 6.71 Å². The van der Waals surface area contributed by atoms with Gasteiger partial charge in [-0.3, -0.25) is 0 Å². The average molecular weight is 447 g/mol. The summed E-state index contributed by atoms with van der Waals surface area (Å²) in [6, 6.07) is 29.5. The molecule has 35 heavy (non-hydrogen) atoms. The number of fused-ring (bicyclic) bond motifs is 8. The van der Waals surface area contributed by atoms with Gasteiger partial charge in [-0.2, -0.15) is 0 Å². The summed E-state index contributed by atoms with van der Waals surface area (Å²) in [6.07, 6.45) is 0. The van der Waals surface area contributed by atoms with Gasteiger partial charge in [0.2, 0.25) is 0 Å². The van der Waals surface area contributed by atoms with Gasteiger partial charge in [-0.15, -0.1) is 0 Å². The quantitative estimate of drug-likeness (QED) is 0.279. The molecule has 0 saturated heterocycles. The fraction of sp³-hybridized carbons (Fsp3) is 0. The molecular weight excluding hydrogens is 433 g/mol. The van der Waals surface area contributed by atoms with E-state index in [4.69, 9.17) is 13.9 Å². The van der Waals surface area contributed by atoms with Crippen molar-refractivity contribution >= 4 is 66.8 Å². The first-order valence-corrected chi connectivity index (χ1v) is 11.9. The molecule has 5 heteroatoms. The number of benzene rings is 5. The van der Waals surface area contributed by atoms with E-state index in [0.29, 0.717) is 0 Å². The molecule has 5 heterocycles. The number of hydrogen-bond donors (Lipinski definition) is 0. The summed E-state index contributed by atoms with van der Waals surface area (Å²) in [5, 5.41) is 4.76. The second kappa shape index (κ2) is 5.36. The summed E-state index contributed by atoms with van der Waals surface area (Å²) in [7, 11) is 0. The molecule has 2 aromatic heterocycles. The molecule has 0 aliphatic carbocycles. The van der Waals surface area contributed by atoms with Crippen LogP contribution >= 0.6 is 0 Å². The first kappa shape index (κ1) is 16.9. The molecule has 10 rings (SSSR count). The van der Waals surface area contributed by atoms with E-state index in [1.165, 1.54) is 43.8 Å². The lowest BCUT2D eigenvalue weighted by Crippen LogP contribution is -2.60. The van der Waals surface area contributed by atoms with Gasteiger partial charge < -0.3 is 18.5 Å². The topological polar surface area (TPSA) is 36.5 Å². The second-order valence-corrected chi connectivity index (χ2v) is 9.63. The van der Waals surface area contributed by atoms with Gasteiger partial charge in [-0.05, 0) is 65.5 Å². The van der Waals surface area contributed by atoms with E-state index in [2.05, 4.69) is 59.2 Å². The Hall–Kier alpha value is -4.64. The molecule has 160 valence electrons. The summed E-state index contributed by atoms with van der Waals surface area (Å²) >= 11 is 0. The van der Waals surface area contributed by atoms with Crippen molar-refractivity contribution in [3.8, 4) is 28.7 Å². The molecule has 5 aromatic carbocycles. The molecule has 0 spiro atoms. The van der Waals surface area contributed by atoms with Crippen molar-refractivity contribution in [3.05, 3.63) is 84.9 Å². The molecule has 3 aliphatic rings. The highest BCUT2D eigenvalue weighted by Gasteiger charge is 2.46. The summed E-state index contributed by atoms with van der Waals surface area (Å²) in [4.78, 5) is 0. The lowest BCUT2D eigenvalue weighted by atomic mass is 9.33. The Morgan fingerprint density at radius 1 is 0.543 bits per heavy atom. The Labute approximate surface area is 199 Å². The van der Waals surface area contributed by atoms with Crippen molar-refractivity contribution in [2.24, 2.45) is 0 Å². The Kier molecular flexibility index (Phi) is 2.59. The van der Waals surface area contributed by atoms with Gasteiger partial charge in [0.1, 0.15) is 34.2 Å². The van der Waals surface area contributed by atoms with Crippen LogP contribution in [0.4, 0.5) is 0 Å². The highest BCUT2D eigenvalue weighted by atomic mass is 16.5. The van der Waals surface area contributed by atoms with Crippen molar-refractivity contribution in [1.29, 1.82) is 0 Å². The first-order chi connectivity index (χ1) is 17.4. The lowest BCUT2D eigenvalue weighted by Gasteiger charge is -2.37. The first-order valence-electron chi connectivity index (χ1n) is 11.9. The van der Waals surface area contributed by atoms with Crippen LogP contribution in [-0.2, 0) is 0 Å². The summed E-state index contributed by atoms with van der Waals surface area (Å²) in [6.45, 7) is 0.0852. The second-order valence-electron chi connectivity index (χ2n) is 9.63. The third-order valence-electron chi connectivity index (χ3n) is 8.05. The van der Waals surface area contributed by atoms with Crippen LogP contribution < -0.4 is 25.9 Å². The number of ether oxygens (including phenoxy) is 2. The van der Waals surface area contributed by atoms with Crippen LogP contribution in [0.2, 0.25) is 0 Å². The Morgan fingerprint density at radius 3 is 2.20 bits per heavy atom. The molecule has 0 unspecified atom stereocenters. The van der Waals surface area contributed by atoms with Gasteiger partial charge in [0.15, 0.2) is 0 Å². The Morgan fingerprint density at radius 2 is 1.31 bits per heavy atom. The number of hydrogen-bond acceptors (Lipinski definition) is 3. The predicted octanol–water partition coefficient (Wildman–Crippen LogP) is 5.72. The van der Waals surface area contributed by atoms with E-state index < -0.39 is 0 Å². The van der Waals surface area contributed by atoms with Crippen molar-refractivity contribution in [2.75, 3.05) is 0 Å². The Bertz CT molecular complexity index is 2120. The monoisotopic (exact) mass is 447 g/mol. The molecule has 4 nitrogen and oxygen atoms in total. The van der Waals surface area contributed by atoms with E-state index in [0.717, 1.165) is 45.0 Å². The summed E-state index contributed by atoms with van der Waals surface area (Å²) in [5.41, 5.74) is 8.95. The molecule has 0 atom stereocenters. The largest absolute Gasteiger partial charge is 0.458 e. The lowest BCUT2D eigenvalue weighted by molar-refractivity contribution is 0.464. The zero-order chi connectivity index (χ0) is 22.4. The number of aromatic nitrogens is 1. The van der Waals surface area contributed by atoms with E-state index >= 15 is 0 Å². The number of nitrogens with zero attached hydrogens (tertiary/aromatic N) is 1. The minimum absolute atomic E-state index is 0.0852. The molecule has 0 N–H and O–H groups in total. The molecular formula is C30H14BNO3. The molecule has 0 saturated carbocycles. The minimum atomic E-state index is 0.0852. The van der Waals surface area contributed by atoms with Gasteiger partial charge in [0.05, 0.1) is 11.0 Å². The molecule has 7 aromatic rings. The van der Waals surface area contributed by atoms with E-state index in [-0.39, 0.29) is 6.71 Å². The maximum atomic E-state index is 6.50. The predicted molar refractivity (Wildman–Crippen MR) is 139 cm³/mol. The summed E-state index contributed by atoms with van der Waals surface area (Å²) in [5.74, 6) is 3.61. The SMILES string of the molecule is c1cc2c3c(c1)Oc1ccc4c5c6c(ccc5n5c4c1B3c1c(cccc1-5)O2)oc1ccccc16. The van der Waals surface area contributed by atoms with Crippen LogP contribution in [0.15, 0.2) is 89.3 Å². The maximum absolute atomic E-state index is 6.50. The van der Waals surface area contributed by atoms with Crippen molar-refractivity contribution in [1.82, 2.24) is 4.57 Å². The standard InChI is InChI=1S/C30H14BNO3/c1-2-7-19-15(5-1)26-20(33-19)14-12-17-25(26)16-11-13-24-29-30(16)32(17)18-6-3-8-21-27(18)31(29)28-22(34-21)9-4-10-23(28)35-24/h1-14H. The van der Waals surface area contributed by atoms with Gasteiger partial charge in [-0.25, -0.2) is 0 Å². The molecule has 0 radical (unpaired) electrons. The number of rotatable bonds is 0. The van der Waals surface area contributed by atoms with Crippen molar-refractivity contribution < 1.29 is 13.9 Å². The van der Waals surface area contributed by atoms with Crippen LogP contribution in [0.25, 0.3) is 49.4 Å². The third-order valence-corrected chi connectivity index (χ3v) is 8.05. The zero-order valence-corrected chi connectivity index (χ0v) is 18.3. The van der Waals surface area contributed by atoms with E-state index in [1.807, 2.05) is 30.3 Å². The number of para-hydroxylation sites is 1. The van der Waals surface area contributed by atoms with Crippen LogP contribution in [-0.4, -0.2) is 11.3 Å². The average Bonchev–Trinajstić information content (AvgIpc) is 3.44. The third kappa shape index (κ3) is 1.74. The molecule has 0 bridgehead atoms. The smallest absolute Gasteiger partial charge is 0.266 e. The van der Waals surface area contributed by atoms with Crippen LogP contribution in [0.5, 0.6) is 23.0 Å². The Balaban J connectivity index is 1.50. The highest BCUT2D eigenvalue weighted by Crippen LogP contribution is 2.45. The normalized spacial score (nSPS) is 14.1. The highest BCUT2D eigenvalue weighted by molar-refractivity contribution is 7.00. The maximum Gasteiger partial charge on any atom is 0.266 e. The summed E-state index contributed by atoms with van der Waals surface area (Å²) < 4.78 is 21.6. The van der Waals surface area contributed by atoms with Crippen molar-refractivity contribution in [3.63, 3.8) is 0 Å². The fourth-order valence-corrected chi connectivity index (χ4v) is 6.80.